The third-order valence-corrected chi connectivity index (χ3v) is 1.75. The van der Waals surface area contributed by atoms with Crippen molar-refractivity contribution in [3.05, 3.63) is 45.6 Å². The summed E-state index contributed by atoms with van der Waals surface area (Å²) in [5.41, 5.74) is 9.25. The third-order valence-electron chi connectivity index (χ3n) is 1.75. The van der Waals surface area contributed by atoms with Crippen LogP contribution in [0.5, 0.6) is 0 Å². The van der Waals surface area contributed by atoms with Gasteiger partial charge in [0, 0.05) is 17.9 Å². The lowest BCUT2D eigenvalue weighted by molar-refractivity contribution is 0.623. The number of azide groups is 1. The van der Waals surface area contributed by atoms with Crippen molar-refractivity contribution in [3.63, 3.8) is 0 Å². The molecule has 0 atom stereocenters. The first-order valence-corrected chi connectivity index (χ1v) is 4.50. The number of nitrogens with zero attached hydrogens (tertiary/aromatic N) is 3. The molecule has 0 heterocycles. The molecule has 0 spiro atoms. The summed E-state index contributed by atoms with van der Waals surface area (Å²) in [6.07, 6.45) is 0.442. The molecule has 4 heteroatoms. The molecule has 1 rings (SSSR count). The summed E-state index contributed by atoms with van der Waals surface area (Å²) in [5.74, 6) is 5.12. The van der Waals surface area contributed by atoms with Crippen molar-refractivity contribution < 1.29 is 4.39 Å². The van der Waals surface area contributed by atoms with E-state index in [9.17, 15) is 4.39 Å². The molecule has 1 aromatic rings. The Kier molecular flexibility index (Phi) is 4.21. The Balaban J connectivity index is 2.67. The molecule has 0 saturated carbocycles. The zero-order valence-electron chi connectivity index (χ0n) is 8.37. The van der Waals surface area contributed by atoms with Gasteiger partial charge in [-0.15, -0.1) is 0 Å². The van der Waals surface area contributed by atoms with Gasteiger partial charge in [0.15, 0.2) is 0 Å². The highest BCUT2D eigenvalue weighted by atomic mass is 19.1. The van der Waals surface area contributed by atoms with Gasteiger partial charge in [0.2, 0.25) is 0 Å². The average molecular weight is 203 g/mol. The van der Waals surface area contributed by atoms with Crippen molar-refractivity contribution in [1.82, 2.24) is 0 Å². The maximum Gasteiger partial charge on any atom is 0.139 e. The maximum atomic E-state index is 13.2. The Bertz CT molecular complexity index is 451. The van der Waals surface area contributed by atoms with Gasteiger partial charge < -0.3 is 0 Å². The summed E-state index contributed by atoms with van der Waals surface area (Å²) in [4.78, 5) is 2.59. The second-order valence-corrected chi connectivity index (χ2v) is 2.99. The molecule has 0 saturated heterocycles. The van der Waals surface area contributed by atoms with Crippen molar-refractivity contribution >= 4 is 0 Å². The summed E-state index contributed by atoms with van der Waals surface area (Å²) in [5, 5.41) is 3.32. The summed E-state index contributed by atoms with van der Waals surface area (Å²) in [6, 6.07) is 4.89. The Hall–Kier alpha value is -1.98. The third kappa shape index (κ3) is 3.72. The van der Waals surface area contributed by atoms with Gasteiger partial charge in [-0.3, -0.25) is 0 Å². The van der Waals surface area contributed by atoms with Crippen molar-refractivity contribution in [2.45, 2.75) is 13.3 Å². The monoisotopic (exact) mass is 203 g/mol. The average Bonchev–Trinajstić information content (AvgIpc) is 2.20. The summed E-state index contributed by atoms with van der Waals surface area (Å²) in [6.45, 7) is 2.14. The highest BCUT2D eigenvalue weighted by Gasteiger charge is 1.97. The molecule has 0 unspecified atom stereocenters. The topological polar surface area (TPSA) is 48.8 Å². The molecule has 1 aromatic carbocycles. The Morgan fingerprint density at radius 3 is 3.00 bits per heavy atom. The van der Waals surface area contributed by atoms with E-state index in [1.54, 1.807) is 12.1 Å². The molecule has 0 aliphatic rings. The van der Waals surface area contributed by atoms with Gasteiger partial charge in [-0.2, -0.15) is 0 Å². The number of hydrogen-bond acceptors (Lipinski definition) is 1. The minimum Gasteiger partial charge on any atom is -0.206 e. The van der Waals surface area contributed by atoms with Crippen LogP contribution in [0.1, 0.15) is 17.5 Å². The number of benzene rings is 1. The second kappa shape index (κ2) is 5.69. The highest BCUT2D eigenvalue weighted by Crippen LogP contribution is 2.08. The molecule has 0 amide bonds. The zero-order chi connectivity index (χ0) is 11.1. The lowest BCUT2D eigenvalue weighted by atomic mass is 10.1. The smallest absolute Gasteiger partial charge is 0.139 e. The fraction of sp³-hybridized carbons (Fsp3) is 0.273. The van der Waals surface area contributed by atoms with Gasteiger partial charge in [0.1, 0.15) is 5.82 Å². The minimum absolute atomic E-state index is 0.314. The molecule has 0 aromatic heterocycles. The Morgan fingerprint density at radius 2 is 2.33 bits per heavy atom. The molecule has 0 aliphatic heterocycles. The first-order valence-electron chi connectivity index (χ1n) is 4.50. The van der Waals surface area contributed by atoms with Crippen LogP contribution in [-0.4, -0.2) is 6.54 Å². The number of rotatable bonds is 2. The highest BCUT2D eigenvalue weighted by molar-refractivity contribution is 5.37. The molecule has 3 nitrogen and oxygen atoms in total. The lowest BCUT2D eigenvalue weighted by Crippen LogP contribution is -1.84. The van der Waals surface area contributed by atoms with Crippen LogP contribution in [0.15, 0.2) is 23.3 Å². The number of aryl methyl sites for hydroxylation is 1. The fourth-order valence-corrected chi connectivity index (χ4v) is 1.03. The van der Waals surface area contributed by atoms with E-state index in [4.69, 9.17) is 5.53 Å². The SMILES string of the molecule is Cc1ccc(C#CCCN=[N+]=[N-])c(F)c1. The van der Waals surface area contributed by atoms with E-state index in [0.29, 0.717) is 18.5 Å². The van der Waals surface area contributed by atoms with E-state index in [0.717, 1.165) is 5.56 Å². The van der Waals surface area contributed by atoms with E-state index in [1.807, 2.05) is 6.92 Å². The van der Waals surface area contributed by atoms with Crippen LogP contribution in [0.2, 0.25) is 0 Å². The molecule has 0 radical (unpaired) electrons. The van der Waals surface area contributed by atoms with Gasteiger partial charge in [-0.1, -0.05) is 23.0 Å². The lowest BCUT2D eigenvalue weighted by Gasteiger charge is -1.95. The molecule has 76 valence electrons. The maximum absolute atomic E-state index is 13.2. The van der Waals surface area contributed by atoms with E-state index in [-0.39, 0.29) is 5.82 Å². The molecular weight excluding hydrogens is 193 g/mol. The van der Waals surface area contributed by atoms with Crippen LogP contribution in [0.4, 0.5) is 4.39 Å². The van der Waals surface area contributed by atoms with Gasteiger partial charge in [0.25, 0.3) is 0 Å². The quantitative estimate of drug-likeness (QED) is 0.233. The predicted molar refractivity (Wildman–Crippen MR) is 56.6 cm³/mol. The van der Waals surface area contributed by atoms with Gasteiger partial charge in [-0.25, -0.2) is 4.39 Å². The first kappa shape index (κ1) is 11.1. The van der Waals surface area contributed by atoms with Crippen LogP contribution in [0.25, 0.3) is 10.4 Å². The summed E-state index contributed by atoms with van der Waals surface area (Å²) >= 11 is 0. The molecule has 15 heavy (non-hydrogen) atoms. The number of hydrogen-bond donors (Lipinski definition) is 0. The van der Waals surface area contributed by atoms with Crippen LogP contribution >= 0.6 is 0 Å². The van der Waals surface area contributed by atoms with Crippen molar-refractivity contribution in [1.29, 1.82) is 0 Å². The van der Waals surface area contributed by atoms with E-state index < -0.39 is 0 Å². The van der Waals surface area contributed by atoms with Crippen LogP contribution < -0.4 is 0 Å². The van der Waals surface area contributed by atoms with Crippen molar-refractivity contribution in [2.24, 2.45) is 5.11 Å². The van der Waals surface area contributed by atoms with Gasteiger partial charge >= 0.3 is 0 Å². The van der Waals surface area contributed by atoms with E-state index in [2.05, 4.69) is 21.9 Å². The Morgan fingerprint density at radius 1 is 1.53 bits per heavy atom. The first-order chi connectivity index (χ1) is 7.24. The minimum atomic E-state index is -0.314. The van der Waals surface area contributed by atoms with Crippen LogP contribution in [0, 0.1) is 24.6 Å². The van der Waals surface area contributed by atoms with Gasteiger partial charge in [-0.05, 0) is 30.2 Å². The van der Waals surface area contributed by atoms with E-state index in [1.165, 1.54) is 6.07 Å². The molecule has 0 aliphatic carbocycles. The van der Waals surface area contributed by atoms with Gasteiger partial charge in [0.05, 0.1) is 5.56 Å². The molecular formula is C11H10FN3. The van der Waals surface area contributed by atoms with E-state index >= 15 is 0 Å². The Labute approximate surface area is 87.6 Å². The predicted octanol–water partition coefficient (Wildman–Crippen LogP) is 3.19. The van der Waals surface area contributed by atoms with Crippen molar-refractivity contribution in [2.75, 3.05) is 6.54 Å². The number of halogens is 1. The zero-order valence-corrected chi connectivity index (χ0v) is 8.37. The normalized spacial score (nSPS) is 8.67. The molecule has 0 N–H and O–H groups in total. The van der Waals surface area contributed by atoms with Crippen LogP contribution in [0.3, 0.4) is 0 Å². The summed E-state index contributed by atoms with van der Waals surface area (Å²) < 4.78 is 13.2. The standard InChI is InChI=1S/C11H10FN3/c1-9-5-6-10(11(12)8-9)4-2-3-7-14-15-13/h5-6,8H,3,7H2,1H3. The molecule has 0 bridgehead atoms. The largest absolute Gasteiger partial charge is 0.206 e. The summed E-state index contributed by atoms with van der Waals surface area (Å²) in [7, 11) is 0. The molecule has 0 fully saturated rings. The second-order valence-electron chi connectivity index (χ2n) is 2.99. The fourth-order valence-electron chi connectivity index (χ4n) is 1.03. The van der Waals surface area contributed by atoms with Crippen molar-refractivity contribution in [3.8, 4) is 11.8 Å². The van der Waals surface area contributed by atoms with Crippen LogP contribution in [-0.2, 0) is 0 Å².